The summed E-state index contributed by atoms with van der Waals surface area (Å²) in [6, 6.07) is 10.5. The van der Waals surface area contributed by atoms with Crippen LogP contribution in [-0.2, 0) is 10.2 Å². The SMILES string of the molecule is CC(C)C(CN1CCCC1)NC(=O)C1(c2cnc3ccccc3c2)CC1. The molecule has 1 aliphatic carbocycles. The van der Waals surface area contributed by atoms with Crippen molar-refractivity contribution in [3.8, 4) is 0 Å². The number of hydrogen-bond acceptors (Lipinski definition) is 3. The fourth-order valence-electron chi connectivity index (χ4n) is 4.08. The summed E-state index contributed by atoms with van der Waals surface area (Å²) in [7, 11) is 0. The Balaban J connectivity index is 1.51. The van der Waals surface area contributed by atoms with Crippen LogP contribution in [0.15, 0.2) is 36.5 Å². The minimum absolute atomic E-state index is 0.187. The molecule has 0 bridgehead atoms. The smallest absolute Gasteiger partial charge is 0.230 e. The molecule has 1 aromatic heterocycles. The van der Waals surface area contributed by atoms with E-state index in [1.807, 2.05) is 24.4 Å². The Bertz CT molecular complexity index is 791. The highest BCUT2D eigenvalue weighted by Gasteiger charge is 2.52. The van der Waals surface area contributed by atoms with E-state index in [0.29, 0.717) is 5.92 Å². The van der Waals surface area contributed by atoms with Crippen LogP contribution >= 0.6 is 0 Å². The van der Waals surface area contributed by atoms with Gasteiger partial charge in [-0.3, -0.25) is 9.78 Å². The first-order valence-electron chi connectivity index (χ1n) is 9.97. The van der Waals surface area contributed by atoms with Crippen molar-refractivity contribution >= 4 is 16.8 Å². The standard InChI is InChI=1S/C22H29N3O/c1-16(2)20(15-25-11-5-6-12-25)24-21(26)22(9-10-22)18-13-17-7-3-4-8-19(17)23-14-18/h3-4,7-8,13-14,16,20H,5-6,9-12,15H2,1-2H3,(H,24,26). The molecule has 1 amide bonds. The van der Waals surface area contributed by atoms with Gasteiger partial charge < -0.3 is 10.2 Å². The molecule has 1 unspecified atom stereocenters. The Labute approximate surface area is 156 Å². The van der Waals surface area contributed by atoms with Gasteiger partial charge in [0.05, 0.1) is 10.9 Å². The molecule has 26 heavy (non-hydrogen) atoms. The number of amides is 1. The van der Waals surface area contributed by atoms with Crippen molar-refractivity contribution in [2.45, 2.75) is 51.0 Å². The minimum Gasteiger partial charge on any atom is -0.351 e. The van der Waals surface area contributed by atoms with Crippen LogP contribution in [-0.4, -0.2) is 41.5 Å². The van der Waals surface area contributed by atoms with Crippen LogP contribution in [0.2, 0.25) is 0 Å². The third-order valence-corrected chi connectivity index (χ3v) is 6.10. The zero-order valence-corrected chi connectivity index (χ0v) is 15.9. The molecule has 4 nitrogen and oxygen atoms in total. The van der Waals surface area contributed by atoms with Gasteiger partial charge in [0, 0.05) is 24.2 Å². The molecule has 0 radical (unpaired) electrons. The number of nitrogens with zero attached hydrogens (tertiary/aromatic N) is 2. The number of likely N-dealkylation sites (tertiary alicyclic amines) is 1. The van der Waals surface area contributed by atoms with E-state index in [9.17, 15) is 4.79 Å². The predicted molar refractivity (Wildman–Crippen MR) is 105 cm³/mol. The topological polar surface area (TPSA) is 45.2 Å². The van der Waals surface area contributed by atoms with Gasteiger partial charge in [-0.05, 0) is 62.4 Å². The number of nitrogens with one attached hydrogen (secondary N) is 1. The summed E-state index contributed by atoms with van der Waals surface area (Å²) in [6.07, 6.45) is 6.32. The molecule has 2 aliphatic rings. The number of carbonyl (C=O) groups excluding carboxylic acids is 1. The molecular formula is C22H29N3O. The van der Waals surface area contributed by atoms with E-state index in [1.54, 1.807) is 0 Å². The molecule has 4 rings (SSSR count). The fraction of sp³-hybridized carbons (Fsp3) is 0.545. The van der Waals surface area contributed by atoms with Gasteiger partial charge in [0.15, 0.2) is 0 Å². The first-order chi connectivity index (χ1) is 12.6. The normalized spacial score (nSPS) is 20.4. The van der Waals surface area contributed by atoms with Crippen molar-refractivity contribution in [3.63, 3.8) is 0 Å². The molecule has 1 atom stereocenters. The predicted octanol–water partition coefficient (Wildman–Crippen LogP) is 3.50. The molecule has 2 aromatic rings. The van der Waals surface area contributed by atoms with Crippen LogP contribution in [0.4, 0.5) is 0 Å². The van der Waals surface area contributed by atoms with E-state index in [2.05, 4.69) is 41.2 Å². The maximum atomic E-state index is 13.2. The molecule has 0 spiro atoms. The average Bonchev–Trinajstić information content (AvgIpc) is 3.31. The number of para-hydroxylation sites is 1. The van der Waals surface area contributed by atoms with Crippen LogP contribution in [0, 0.1) is 5.92 Å². The van der Waals surface area contributed by atoms with Gasteiger partial charge in [0.25, 0.3) is 0 Å². The summed E-state index contributed by atoms with van der Waals surface area (Å²) in [5.41, 5.74) is 1.69. The largest absolute Gasteiger partial charge is 0.351 e. The first-order valence-corrected chi connectivity index (χ1v) is 9.97. The molecule has 2 heterocycles. The molecular weight excluding hydrogens is 322 g/mol. The van der Waals surface area contributed by atoms with Gasteiger partial charge in [-0.1, -0.05) is 32.0 Å². The lowest BCUT2D eigenvalue weighted by Gasteiger charge is -2.29. The molecule has 4 heteroatoms. The fourth-order valence-corrected chi connectivity index (χ4v) is 4.08. The highest BCUT2D eigenvalue weighted by molar-refractivity contribution is 5.92. The Morgan fingerprint density at radius 1 is 1.23 bits per heavy atom. The molecule has 1 aliphatic heterocycles. The molecule has 1 saturated heterocycles. The summed E-state index contributed by atoms with van der Waals surface area (Å²) in [5.74, 6) is 0.623. The van der Waals surface area contributed by atoms with Gasteiger partial charge in [0.1, 0.15) is 0 Å². The van der Waals surface area contributed by atoms with Gasteiger partial charge in [0.2, 0.25) is 5.91 Å². The van der Waals surface area contributed by atoms with Crippen molar-refractivity contribution in [1.29, 1.82) is 0 Å². The molecule has 138 valence electrons. The third kappa shape index (κ3) is 3.35. The van der Waals surface area contributed by atoms with Crippen molar-refractivity contribution in [3.05, 3.63) is 42.1 Å². The van der Waals surface area contributed by atoms with Crippen molar-refractivity contribution in [2.75, 3.05) is 19.6 Å². The minimum atomic E-state index is -0.366. The summed E-state index contributed by atoms with van der Waals surface area (Å²) < 4.78 is 0. The number of fused-ring (bicyclic) bond motifs is 1. The lowest BCUT2D eigenvalue weighted by Crippen LogP contribution is -2.49. The summed E-state index contributed by atoms with van der Waals surface area (Å²) >= 11 is 0. The number of hydrogen-bond donors (Lipinski definition) is 1. The van der Waals surface area contributed by atoms with Gasteiger partial charge >= 0.3 is 0 Å². The maximum absolute atomic E-state index is 13.2. The van der Waals surface area contributed by atoms with Crippen molar-refractivity contribution in [2.24, 2.45) is 5.92 Å². The third-order valence-electron chi connectivity index (χ3n) is 6.10. The zero-order chi connectivity index (χ0) is 18.1. The van der Waals surface area contributed by atoms with Crippen LogP contribution in [0.3, 0.4) is 0 Å². The molecule has 1 aromatic carbocycles. The second-order valence-electron chi connectivity index (χ2n) is 8.33. The first kappa shape index (κ1) is 17.5. The molecule has 1 N–H and O–H groups in total. The van der Waals surface area contributed by atoms with E-state index in [4.69, 9.17) is 0 Å². The van der Waals surface area contributed by atoms with Crippen LogP contribution in [0.5, 0.6) is 0 Å². The van der Waals surface area contributed by atoms with E-state index >= 15 is 0 Å². The second kappa shape index (κ2) is 6.99. The lowest BCUT2D eigenvalue weighted by molar-refractivity contribution is -0.124. The number of carbonyl (C=O) groups is 1. The van der Waals surface area contributed by atoms with Crippen molar-refractivity contribution < 1.29 is 4.79 Å². The van der Waals surface area contributed by atoms with E-state index in [1.165, 1.54) is 25.9 Å². The molecule has 2 fully saturated rings. The van der Waals surface area contributed by atoms with Crippen LogP contribution < -0.4 is 5.32 Å². The summed E-state index contributed by atoms with van der Waals surface area (Å²) in [5, 5.41) is 4.50. The van der Waals surface area contributed by atoms with Crippen molar-refractivity contribution in [1.82, 2.24) is 15.2 Å². The summed E-state index contributed by atoms with van der Waals surface area (Å²) in [6.45, 7) is 7.71. The van der Waals surface area contributed by atoms with E-state index in [-0.39, 0.29) is 17.4 Å². The zero-order valence-electron chi connectivity index (χ0n) is 15.9. The van der Waals surface area contributed by atoms with Crippen LogP contribution in [0.25, 0.3) is 10.9 Å². The number of pyridine rings is 1. The Hall–Kier alpha value is -1.94. The van der Waals surface area contributed by atoms with E-state index in [0.717, 1.165) is 35.9 Å². The Kier molecular flexibility index (Phi) is 4.70. The van der Waals surface area contributed by atoms with Gasteiger partial charge in [-0.25, -0.2) is 0 Å². The quantitative estimate of drug-likeness (QED) is 0.866. The number of aromatic nitrogens is 1. The number of rotatable bonds is 6. The van der Waals surface area contributed by atoms with Crippen LogP contribution in [0.1, 0.15) is 45.1 Å². The monoisotopic (exact) mass is 351 g/mol. The second-order valence-corrected chi connectivity index (χ2v) is 8.33. The Morgan fingerprint density at radius 2 is 1.96 bits per heavy atom. The highest BCUT2D eigenvalue weighted by atomic mass is 16.2. The Morgan fingerprint density at radius 3 is 2.65 bits per heavy atom. The van der Waals surface area contributed by atoms with E-state index < -0.39 is 0 Å². The molecule has 1 saturated carbocycles. The van der Waals surface area contributed by atoms with Gasteiger partial charge in [-0.15, -0.1) is 0 Å². The van der Waals surface area contributed by atoms with Gasteiger partial charge in [-0.2, -0.15) is 0 Å². The summed E-state index contributed by atoms with van der Waals surface area (Å²) in [4.78, 5) is 20.3. The maximum Gasteiger partial charge on any atom is 0.230 e. The average molecular weight is 351 g/mol. The lowest BCUT2D eigenvalue weighted by atomic mass is 9.93. The number of benzene rings is 1. The highest BCUT2D eigenvalue weighted by Crippen LogP contribution is 2.48.